The van der Waals surface area contributed by atoms with Crippen LogP contribution in [-0.4, -0.2) is 32.9 Å². The highest BCUT2D eigenvalue weighted by atomic mass is 32.2. The van der Waals surface area contributed by atoms with E-state index in [1.165, 1.54) is 24.3 Å². The molecule has 0 aliphatic rings. The SMILES string of the molecule is CS(=O)(=O)c1ccccc1S(=O)(=O)Nc1ccc(Cn2cccn2)cc1. The molecule has 0 radical (unpaired) electrons. The Labute approximate surface area is 152 Å². The van der Waals surface area contributed by atoms with E-state index < -0.39 is 19.9 Å². The number of benzene rings is 2. The molecular formula is C17H17N3O4S2. The van der Waals surface area contributed by atoms with Gasteiger partial charge in [0.05, 0.1) is 11.4 Å². The Hall–Kier alpha value is -2.65. The van der Waals surface area contributed by atoms with Crippen molar-refractivity contribution in [3.05, 3.63) is 72.6 Å². The third kappa shape index (κ3) is 4.12. The summed E-state index contributed by atoms with van der Waals surface area (Å²) in [7, 11) is -7.71. The molecule has 0 spiro atoms. The second-order valence-corrected chi connectivity index (χ2v) is 9.36. The van der Waals surface area contributed by atoms with Crippen molar-refractivity contribution >= 4 is 25.5 Å². The minimum absolute atomic E-state index is 0.234. The quantitative estimate of drug-likeness (QED) is 0.694. The monoisotopic (exact) mass is 391 g/mol. The third-order valence-corrected chi connectivity index (χ3v) is 6.37. The maximum Gasteiger partial charge on any atom is 0.263 e. The van der Waals surface area contributed by atoms with E-state index in [9.17, 15) is 16.8 Å². The topological polar surface area (TPSA) is 98.1 Å². The van der Waals surface area contributed by atoms with Gasteiger partial charge in [0, 0.05) is 24.3 Å². The molecule has 0 atom stereocenters. The molecule has 0 aliphatic heterocycles. The molecule has 0 amide bonds. The molecule has 1 aromatic heterocycles. The number of sulfone groups is 1. The molecular weight excluding hydrogens is 374 g/mol. The maximum atomic E-state index is 12.6. The number of aromatic nitrogens is 2. The predicted molar refractivity (Wildman–Crippen MR) is 98.1 cm³/mol. The Morgan fingerprint density at radius 3 is 2.15 bits per heavy atom. The van der Waals surface area contributed by atoms with Crippen molar-refractivity contribution in [2.45, 2.75) is 16.3 Å². The fourth-order valence-electron chi connectivity index (χ4n) is 2.45. The van der Waals surface area contributed by atoms with Crippen molar-refractivity contribution in [3.8, 4) is 0 Å². The summed E-state index contributed by atoms with van der Waals surface area (Å²) >= 11 is 0. The zero-order valence-electron chi connectivity index (χ0n) is 13.9. The molecule has 0 bridgehead atoms. The molecule has 0 fully saturated rings. The van der Waals surface area contributed by atoms with Crippen LogP contribution >= 0.6 is 0 Å². The zero-order chi connectivity index (χ0) is 18.8. The fraction of sp³-hybridized carbons (Fsp3) is 0.118. The van der Waals surface area contributed by atoms with E-state index in [0.717, 1.165) is 11.8 Å². The fourth-order valence-corrected chi connectivity index (χ4v) is 5.14. The van der Waals surface area contributed by atoms with Gasteiger partial charge in [-0.25, -0.2) is 16.8 Å². The summed E-state index contributed by atoms with van der Waals surface area (Å²) in [5, 5.41) is 4.11. The minimum atomic E-state index is -4.04. The lowest BCUT2D eigenvalue weighted by Crippen LogP contribution is -2.16. The standard InChI is InChI=1S/C17H17N3O4S2/c1-25(21,22)16-5-2-3-6-17(16)26(23,24)19-15-9-7-14(8-10-15)13-20-12-4-11-18-20/h2-12,19H,13H2,1H3. The highest BCUT2D eigenvalue weighted by Crippen LogP contribution is 2.23. The van der Waals surface area contributed by atoms with Crippen LogP contribution < -0.4 is 4.72 Å². The second-order valence-electron chi connectivity index (χ2n) is 5.72. The molecule has 3 rings (SSSR count). The number of rotatable bonds is 6. The molecule has 1 heterocycles. The van der Waals surface area contributed by atoms with Gasteiger partial charge in [-0.1, -0.05) is 24.3 Å². The van der Waals surface area contributed by atoms with Crippen LogP contribution in [0.5, 0.6) is 0 Å². The van der Waals surface area contributed by atoms with Gasteiger partial charge in [-0.3, -0.25) is 9.40 Å². The molecule has 0 aliphatic carbocycles. The molecule has 7 nitrogen and oxygen atoms in total. The predicted octanol–water partition coefficient (Wildman–Crippen LogP) is 2.14. The number of hydrogen-bond acceptors (Lipinski definition) is 5. The average molecular weight is 391 g/mol. The van der Waals surface area contributed by atoms with Gasteiger partial charge in [-0.2, -0.15) is 5.10 Å². The highest BCUT2D eigenvalue weighted by molar-refractivity contribution is 7.95. The molecule has 3 aromatic rings. The zero-order valence-corrected chi connectivity index (χ0v) is 15.5. The van der Waals surface area contributed by atoms with Crippen molar-refractivity contribution in [2.75, 3.05) is 11.0 Å². The van der Waals surface area contributed by atoms with Gasteiger partial charge in [0.15, 0.2) is 9.84 Å². The Morgan fingerprint density at radius 1 is 0.923 bits per heavy atom. The van der Waals surface area contributed by atoms with Crippen LogP contribution in [0.15, 0.2) is 76.8 Å². The van der Waals surface area contributed by atoms with E-state index >= 15 is 0 Å². The first-order valence-corrected chi connectivity index (χ1v) is 11.0. The first kappa shape index (κ1) is 18.2. The lowest BCUT2D eigenvalue weighted by molar-refractivity contribution is 0.588. The first-order valence-electron chi connectivity index (χ1n) is 7.64. The number of anilines is 1. The normalized spacial score (nSPS) is 12.0. The number of nitrogens with one attached hydrogen (secondary N) is 1. The smallest absolute Gasteiger partial charge is 0.263 e. The largest absolute Gasteiger partial charge is 0.280 e. The summed E-state index contributed by atoms with van der Waals surface area (Å²) in [6, 6.07) is 14.1. The van der Waals surface area contributed by atoms with E-state index in [1.54, 1.807) is 35.1 Å². The van der Waals surface area contributed by atoms with Crippen molar-refractivity contribution in [1.82, 2.24) is 9.78 Å². The van der Waals surface area contributed by atoms with Gasteiger partial charge in [0.1, 0.15) is 4.90 Å². The summed E-state index contributed by atoms with van der Waals surface area (Å²) in [6.07, 6.45) is 4.49. The van der Waals surface area contributed by atoms with Crippen LogP contribution in [-0.2, 0) is 26.4 Å². The molecule has 0 unspecified atom stereocenters. The van der Waals surface area contributed by atoms with Crippen LogP contribution in [0.3, 0.4) is 0 Å². The van der Waals surface area contributed by atoms with Gasteiger partial charge in [0.2, 0.25) is 0 Å². The van der Waals surface area contributed by atoms with E-state index in [2.05, 4.69) is 9.82 Å². The average Bonchev–Trinajstić information content (AvgIpc) is 3.09. The second kappa shape index (κ2) is 6.93. The number of hydrogen-bond donors (Lipinski definition) is 1. The van der Waals surface area contributed by atoms with E-state index in [0.29, 0.717) is 12.2 Å². The van der Waals surface area contributed by atoms with Crippen molar-refractivity contribution < 1.29 is 16.8 Å². The molecule has 0 saturated carbocycles. The summed E-state index contributed by atoms with van der Waals surface area (Å²) < 4.78 is 53.1. The van der Waals surface area contributed by atoms with Crippen molar-refractivity contribution in [2.24, 2.45) is 0 Å². The number of sulfonamides is 1. The minimum Gasteiger partial charge on any atom is -0.280 e. The van der Waals surface area contributed by atoms with Gasteiger partial charge in [-0.15, -0.1) is 0 Å². The Kier molecular flexibility index (Phi) is 4.84. The lowest BCUT2D eigenvalue weighted by atomic mass is 10.2. The number of nitrogens with zero attached hydrogens (tertiary/aromatic N) is 2. The molecule has 26 heavy (non-hydrogen) atoms. The highest BCUT2D eigenvalue weighted by Gasteiger charge is 2.23. The Bertz CT molecular complexity index is 1110. The van der Waals surface area contributed by atoms with E-state index in [1.807, 2.05) is 12.3 Å². The summed E-state index contributed by atoms with van der Waals surface area (Å²) in [5.41, 5.74) is 1.30. The van der Waals surface area contributed by atoms with E-state index in [4.69, 9.17) is 0 Å². The lowest BCUT2D eigenvalue weighted by Gasteiger charge is -2.12. The van der Waals surface area contributed by atoms with Crippen LogP contribution in [0.25, 0.3) is 0 Å². The van der Waals surface area contributed by atoms with Crippen LogP contribution in [0.1, 0.15) is 5.56 Å². The Balaban J connectivity index is 1.84. The van der Waals surface area contributed by atoms with Crippen LogP contribution in [0.2, 0.25) is 0 Å². The molecule has 2 aromatic carbocycles. The maximum absolute atomic E-state index is 12.6. The Morgan fingerprint density at radius 2 is 1.58 bits per heavy atom. The van der Waals surface area contributed by atoms with Gasteiger partial charge < -0.3 is 0 Å². The van der Waals surface area contributed by atoms with Gasteiger partial charge in [0.25, 0.3) is 10.0 Å². The summed E-state index contributed by atoms with van der Waals surface area (Å²) in [6.45, 7) is 0.566. The third-order valence-electron chi connectivity index (χ3n) is 3.65. The molecule has 9 heteroatoms. The van der Waals surface area contributed by atoms with Gasteiger partial charge >= 0.3 is 0 Å². The molecule has 1 N–H and O–H groups in total. The molecule has 0 saturated heterocycles. The van der Waals surface area contributed by atoms with Crippen molar-refractivity contribution in [1.29, 1.82) is 0 Å². The summed E-state index contributed by atoms with van der Waals surface area (Å²) in [5.74, 6) is 0. The van der Waals surface area contributed by atoms with Crippen molar-refractivity contribution in [3.63, 3.8) is 0 Å². The molecule has 136 valence electrons. The van der Waals surface area contributed by atoms with Crippen LogP contribution in [0.4, 0.5) is 5.69 Å². The van der Waals surface area contributed by atoms with E-state index in [-0.39, 0.29) is 9.79 Å². The summed E-state index contributed by atoms with van der Waals surface area (Å²) in [4.78, 5) is -0.508. The van der Waals surface area contributed by atoms with Gasteiger partial charge in [-0.05, 0) is 35.9 Å². The van der Waals surface area contributed by atoms with Crippen LogP contribution in [0, 0.1) is 0 Å². The first-order chi connectivity index (χ1) is 12.3.